The van der Waals surface area contributed by atoms with Gasteiger partial charge in [-0.3, -0.25) is 14.9 Å². The molecular weight excluding hydrogens is 268 g/mol. The summed E-state index contributed by atoms with van der Waals surface area (Å²) < 4.78 is 10.1. The van der Waals surface area contributed by atoms with Crippen LogP contribution in [0.5, 0.6) is 5.75 Å². The van der Waals surface area contributed by atoms with E-state index in [9.17, 15) is 14.9 Å². The highest BCUT2D eigenvalue weighted by atomic mass is 16.6. The Balaban J connectivity index is 2.93. The first kappa shape index (κ1) is 15.9. The van der Waals surface area contributed by atoms with Crippen LogP contribution in [-0.4, -0.2) is 42.4 Å². The van der Waals surface area contributed by atoms with Gasteiger partial charge < -0.3 is 20.3 Å². The van der Waals surface area contributed by atoms with E-state index in [1.807, 2.05) is 0 Å². The normalized spacial score (nSPS) is 11.9. The average molecular weight is 284 g/mol. The molecule has 8 nitrogen and oxygen atoms in total. The number of aliphatic carboxylic acids is 1. The van der Waals surface area contributed by atoms with E-state index < -0.39 is 16.9 Å². The molecule has 0 saturated heterocycles. The third-order valence-electron chi connectivity index (χ3n) is 2.56. The van der Waals surface area contributed by atoms with Crippen molar-refractivity contribution >= 4 is 11.7 Å². The number of benzene rings is 1. The monoisotopic (exact) mass is 284 g/mol. The van der Waals surface area contributed by atoms with E-state index in [2.05, 4.69) is 0 Å². The average Bonchev–Trinajstić information content (AvgIpc) is 2.38. The number of nitrogens with zero attached hydrogens (tertiary/aromatic N) is 1. The molecular formula is C12H16N2O6. The van der Waals surface area contributed by atoms with Crippen molar-refractivity contribution in [2.24, 2.45) is 5.73 Å². The van der Waals surface area contributed by atoms with Crippen LogP contribution in [0.3, 0.4) is 0 Å². The molecule has 1 atom stereocenters. The van der Waals surface area contributed by atoms with Gasteiger partial charge in [-0.2, -0.15) is 0 Å². The molecule has 20 heavy (non-hydrogen) atoms. The molecule has 0 bridgehead atoms. The molecule has 0 spiro atoms. The van der Waals surface area contributed by atoms with Crippen LogP contribution in [-0.2, 0) is 16.0 Å². The zero-order valence-corrected chi connectivity index (χ0v) is 10.9. The maximum absolute atomic E-state index is 10.9. The Morgan fingerprint density at radius 1 is 1.50 bits per heavy atom. The molecule has 0 fully saturated rings. The molecule has 110 valence electrons. The van der Waals surface area contributed by atoms with Crippen molar-refractivity contribution in [2.45, 2.75) is 12.5 Å². The zero-order chi connectivity index (χ0) is 15.1. The Hall–Kier alpha value is -2.19. The molecule has 0 aliphatic rings. The zero-order valence-electron chi connectivity index (χ0n) is 10.9. The summed E-state index contributed by atoms with van der Waals surface area (Å²) >= 11 is 0. The topological polar surface area (TPSA) is 125 Å². The fraction of sp³-hybridized carbons (Fsp3) is 0.417. The molecule has 3 N–H and O–H groups in total. The third-order valence-corrected chi connectivity index (χ3v) is 2.56. The van der Waals surface area contributed by atoms with Crippen molar-refractivity contribution in [3.8, 4) is 5.75 Å². The number of hydrogen-bond acceptors (Lipinski definition) is 6. The first-order chi connectivity index (χ1) is 9.45. The van der Waals surface area contributed by atoms with Crippen molar-refractivity contribution < 1.29 is 24.3 Å². The quantitative estimate of drug-likeness (QED) is 0.406. The number of hydrogen-bond donors (Lipinski definition) is 2. The van der Waals surface area contributed by atoms with Gasteiger partial charge in [0.15, 0.2) is 0 Å². The van der Waals surface area contributed by atoms with E-state index >= 15 is 0 Å². The van der Waals surface area contributed by atoms with Crippen LogP contribution in [0.25, 0.3) is 0 Å². The molecule has 8 heteroatoms. The Kier molecular flexibility index (Phi) is 5.88. The van der Waals surface area contributed by atoms with Crippen molar-refractivity contribution in [2.75, 3.05) is 20.3 Å². The molecule has 0 heterocycles. The highest BCUT2D eigenvalue weighted by Gasteiger charge is 2.20. The van der Waals surface area contributed by atoms with Gasteiger partial charge in [0.2, 0.25) is 0 Å². The van der Waals surface area contributed by atoms with Crippen LogP contribution >= 0.6 is 0 Å². The maximum atomic E-state index is 10.9. The summed E-state index contributed by atoms with van der Waals surface area (Å²) in [4.78, 5) is 21.1. The highest BCUT2D eigenvalue weighted by molar-refractivity contribution is 5.73. The van der Waals surface area contributed by atoms with E-state index in [-0.39, 0.29) is 17.7 Å². The number of ether oxygens (including phenoxy) is 2. The van der Waals surface area contributed by atoms with Gasteiger partial charge in [-0.15, -0.1) is 0 Å². The first-order valence-corrected chi connectivity index (χ1v) is 5.83. The fourth-order valence-electron chi connectivity index (χ4n) is 1.56. The van der Waals surface area contributed by atoms with Gasteiger partial charge in [-0.25, -0.2) is 0 Å². The lowest BCUT2D eigenvalue weighted by Crippen LogP contribution is -2.32. The molecule has 1 aromatic carbocycles. The summed E-state index contributed by atoms with van der Waals surface area (Å²) in [5.74, 6) is -0.815. The standard InChI is InChI=1S/C12H16N2O6/c1-19-4-5-20-9-2-3-11(14(17)18)8(6-9)7-10(13)12(15)16/h2-3,6,10H,4-5,7,13H2,1H3,(H,15,16)/t10-/m0/s1. The van der Waals surface area contributed by atoms with Crippen molar-refractivity contribution in [1.82, 2.24) is 0 Å². The lowest BCUT2D eigenvalue weighted by molar-refractivity contribution is -0.385. The predicted octanol–water partition coefficient (Wildman–Crippen LogP) is 0.574. The molecule has 0 unspecified atom stereocenters. The predicted molar refractivity (Wildman–Crippen MR) is 69.8 cm³/mol. The van der Waals surface area contributed by atoms with E-state index in [1.165, 1.54) is 25.3 Å². The largest absolute Gasteiger partial charge is 0.491 e. The van der Waals surface area contributed by atoms with Crippen molar-refractivity contribution in [3.63, 3.8) is 0 Å². The van der Waals surface area contributed by atoms with Gasteiger partial charge in [0.25, 0.3) is 5.69 Å². The molecule has 0 saturated carbocycles. The SMILES string of the molecule is COCCOc1ccc([N+](=O)[O-])c(C[C@H](N)C(=O)O)c1. The maximum Gasteiger partial charge on any atom is 0.320 e. The second-order valence-corrected chi connectivity index (χ2v) is 4.04. The number of carbonyl (C=O) groups is 1. The molecule has 0 aliphatic heterocycles. The molecule has 0 radical (unpaired) electrons. The number of carboxylic acid groups (broad SMARTS) is 1. The smallest absolute Gasteiger partial charge is 0.320 e. The van der Waals surface area contributed by atoms with E-state index in [1.54, 1.807) is 0 Å². The Bertz CT molecular complexity index is 491. The Morgan fingerprint density at radius 2 is 2.20 bits per heavy atom. The summed E-state index contributed by atoms with van der Waals surface area (Å²) in [6.45, 7) is 0.666. The van der Waals surface area contributed by atoms with Crippen LogP contribution in [0.15, 0.2) is 18.2 Å². The number of carboxylic acids is 1. The number of methoxy groups -OCH3 is 1. The minimum absolute atomic E-state index is 0.146. The first-order valence-electron chi connectivity index (χ1n) is 5.83. The van der Waals surface area contributed by atoms with Gasteiger partial charge in [-0.05, 0) is 12.1 Å². The Morgan fingerprint density at radius 3 is 2.75 bits per heavy atom. The van der Waals surface area contributed by atoms with Crippen LogP contribution in [0.1, 0.15) is 5.56 Å². The second-order valence-electron chi connectivity index (χ2n) is 4.04. The van der Waals surface area contributed by atoms with Gasteiger partial charge in [0.05, 0.1) is 11.5 Å². The van der Waals surface area contributed by atoms with Gasteiger partial charge in [0, 0.05) is 25.2 Å². The summed E-state index contributed by atoms with van der Waals surface area (Å²) in [5.41, 5.74) is 5.45. The minimum atomic E-state index is -1.22. The fourth-order valence-corrected chi connectivity index (χ4v) is 1.56. The van der Waals surface area contributed by atoms with Gasteiger partial charge in [0.1, 0.15) is 18.4 Å². The summed E-state index contributed by atoms with van der Waals surface area (Å²) in [7, 11) is 1.52. The summed E-state index contributed by atoms with van der Waals surface area (Å²) in [6.07, 6.45) is -0.146. The van der Waals surface area contributed by atoms with E-state index in [0.29, 0.717) is 19.0 Å². The third kappa shape index (κ3) is 4.48. The minimum Gasteiger partial charge on any atom is -0.491 e. The van der Waals surface area contributed by atoms with Gasteiger partial charge in [-0.1, -0.05) is 0 Å². The molecule has 1 rings (SSSR count). The second kappa shape index (κ2) is 7.41. The van der Waals surface area contributed by atoms with Crippen LogP contribution < -0.4 is 10.5 Å². The van der Waals surface area contributed by atoms with E-state index in [0.717, 1.165) is 0 Å². The number of nitrogens with two attached hydrogens (primary N) is 1. The number of rotatable bonds is 8. The molecule has 0 aliphatic carbocycles. The van der Waals surface area contributed by atoms with Crippen molar-refractivity contribution in [3.05, 3.63) is 33.9 Å². The summed E-state index contributed by atoms with van der Waals surface area (Å²) in [5, 5.41) is 19.7. The molecule has 1 aromatic rings. The summed E-state index contributed by atoms with van der Waals surface area (Å²) in [6, 6.07) is 2.94. The van der Waals surface area contributed by atoms with Gasteiger partial charge >= 0.3 is 5.97 Å². The number of nitro groups is 1. The lowest BCUT2D eigenvalue weighted by Gasteiger charge is -2.10. The van der Waals surface area contributed by atoms with Crippen LogP contribution in [0.2, 0.25) is 0 Å². The highest BCUT2D eigenvalue weighted by Crippen LogP contribution is 2.25. The van der Waals surface area contributed by atoms with E-state index in [4.69, 9.17) is 20.3 Å². The molecule has 0 amide bonds. The number of nitro benzene ring substituents is 1. The lowest BCUT2D eigenvalue weighted by atomic mass is 10.0. The molecule has 0 aromatic heterocycles. The Labute approximate surface area is 115 Å². The van der Waals surface area contributed by atoms with Crippen LogP contribution in [0, 0.1) is 10.1 Å². The van der Waals surface area contributed by atoms with Crippen LogP contribution in [0.4, 0.5) is 5.69 Å². The van der Waals surface area contributed by atoms with Crippen molar-refractivity contribution in [1.29, 1.82) is 0 Å².